The third-order valence-corrected chi connectivity index (χ3v) is 4.24. The van der Waals surface area contributed by atoms with Crippen molar-refractivity contribution in [2.75, 3.05) is 20.2 Å². The van der Waals surface area contributed by atoms with E-state index in [2.05, 4.69) is 4.98 Å². The number of nitrogens with zero attached hydrogens (tertiary/aromatic N) is 2. The van der Waals surface area contributed by atoms with E-state index in [0.717, 1.165) is 4.88 Å². The van der Waals surface area contributed by atoms with Crippen LogP contribution in [-0.4, -0.2) is 42.0 Å². The Morgan fingerprint density at radius 2 is 2.08 bits per heavy atom. The van der Waals surface area contributed by atoms with Gasteiger partial charge in [-0.05, 0) is 32.0 Å². The molecule has 1 aromatic heterocycles. The average molecular weight is 348 g/mol. The molecule has 0 fully saturated rings. The summed E-state index contributed by atoms with van der Waals surface area (Å²) < 4.78 is 10.6. The van der Waals surface area contributed by atoms with Gasteiger partial charge in [-0.15, -0.1) is 11.3 Å². The number of rotatable bonds is 7. The summed E-state index contributed by atoms with van der Waals surface area (Å²) >= 11 is 1.23. The van der Waals surface area contributed by atoms with Gasteiger partial charge in [0.15, 0.2) is 0 Å². The fraction of sp³-hybridized carbons (Fsp3) is 0.353. The van der Waals surface area contributed by atoms with E-state index in [1.807, 2.05) is 6.92 Å². The Bertz CT molecular complexity index is 714. The highest BCUT2D eigenvalue weighted by Gasteiger charge is 2.13. The van der Waals surface area contributed by atoms with Crippen molar-refractivity contribution in [1.82, 2.24) is 9.88 Å². The summed E-state index contributed by atoms with van der Waals surface area (Å²) in [5, 5.41) is 0.309. The first kappa shape index (κ1) is 17.9. The monoisotopic (exact) mass is 348 g/mol. The lowest BCUT2D eigenvalue weighted by Gasteiger charge is -2.15. The molecule has 2 rings (SSSR count). The number of amides is 1. The van der Waals surface area contributed by atoms with Crippen LogP contribution >= 0.6 is 11.3 Å². The Morgan fingerprint density at radius 3 is 2.79 bits per heavy atom. The molecule has 1 amide bonds. The molecule has 1 aromatic carbocycles. The summed E-state index contributed by atoms with van der Waals surface area (Å²) in [6.07, 6.45) is 1.59. The summed E-state index contributed by atoms with van der Waals surface area (Å²) in [7, 11) is 1.75. The van der Waals surface area contributed by atoms with Crippen LogP contribution in [0, 0.1) is 0 Å². The van der Waals surface area contributed by atoms with E-state index in [1.54, 1.807) is 49.3 Å². The van der Waals surface area contributed by atoms with Crippen molar-refractivity contribution in [3.8, 4) is 5.75 Å². The van der Waals surface area contributed by atoms with E-state index in [-0.39, 0.29) is 12.5 Å². The van der Waals surface area contributed by atoms with Crippen LogP contribution in [0.5, 0.6) is 5.75 Å². The molecule has 1 heterocycles. The second kappa shape index (κ2) is 8.44. The van der Waals surface area contributed by atoms with Crippen LogP contribution in [0.1, 0.15) is 38.9 Å². The fourth-order valence-corrected chi connectivity index (χ4v) is 2.62. The van der Waals surface area contributed by atoms with Gasteiger partial charge in [-0.3, -0.25) is 4.79 Å². The van der Waals surface area contributed by atoms with Crippen molar-refractivity contribution in [3.05, 3.63) is 45.9 Å². The number of esters is 1. The maximum atomic E-state index is 12.2. The highest BCUT2D eigenvalue weighted by Crippen LogP contribution is 2.19. The van der Waals surface area contributed by atoms with E-state index in [4.69, 9.17) is 9.47 Å². The average Bonchev–Trinajstić information content (AvgIpc) is 3.08. The van der Waals surface area contributed by atoms with Crippen LogP contribution in [0.3, 0.4) is 0 Å². The van der Waals surface area contributed by atoms with Gasteiger partial charge in [0.05, 0.1) is 11.5 Å². The lowest BCUT2D eigenvalue weighted by molar-refractivity contribution is 0.0525. The zero-order valence-electron chi connectivity index (χ0n) is 13.9. The number of hydrogen-bond donors (Lipinski definition) is 0. The Balaban J connectivity index is 2.00. The van der Waals surface area contributed by atoms with Gasteiger partial charge < -0.3 is 14.4 Å². The van der Waals surface area contributed by atoms with Crippen LogP contribution in [0.4, 0.5) is 0 Å². The van der Waals surface area contributed by atoms with Gasteiger partial charge in [0, 0.05) is 25.4 Å². The molecule has 0 aliphatic heterocycles. The van der Waals surface area contributed by atoms with Crippen molar-refractivity contribution in [2.24, 2.45) is 0 Å². The van der Waals surface area contributed by atoms with E-state index in [9.17, 15) is 9.59 Å². The molecule has 128 valence electrons. The van der Waals surface area contributed by atoms with Crippen molar-refractivity contribution >= 4 is 23.2 Å². The molecule has 2 aromatic rings. The summed E-state index contributed by atoms with van der Waals surface area (Å²) in [5.41, 5.74) is 0.577. The maximum Gasteiger partial charge on any atom is 0.367 e. The van der Waals surface area contributed by atoms with E-state index in [0.29, 0.717) is 29.5 Å². The second-order valence-electron chi connectivity index (χ2n) is 4.99. The predicted molar refractivity (Wildman–Crippen MR) is 91.5 cm³/mol. The molecular weight excluding hydrogens is 328 g/mol. The first-order chi connectivity index (χ1) is 11.5. The summed E-state index contributed by atoms with van der Waals surface area (Å²) in [6.45, 7) is 4.90. The number of ether oxygens (including phenoxy) is 2. The number of aromatic nitrogens is 1. The van der Waals surface area contributed by atoms with Crippen LogP contribution in [0.15, 0.2) is 30.5 Å². The van der Waals surface area contributed by atoms with E-state index >= 15 is 0 Å². The molecule has 0 N–H and O–H groups in total. The summed E-state index contributed by atoms with van der Waals surface area (Å²) in [6, 6.07) is 7.04. The molecule has 24 heavy (non-hydrogen) atoms. The van der Waals surface area contributed by atoms with Crippen molar-refractivity contribution in [3.63, 3.8) is 0 Å². The van der Waals surface area contributed by atoms with Crippen molar-refractivity contribution in [2.45, 2.75) is 20.5 Å². The van der Waals surface area contributed by atoms with Crippen LogP contribution < -0.4 is 4.74 Å². The summed E-state index contributed by atoms with van der Waals surface area (Å²) in [4.78, 5) is 30.2. The number of carbonyl (C=O) groups excluding carboxylic acids is 2. The molecular formula is C17H20N2O4S. The number of thiazole rings is 1. The first-order valence-electron chi connectivity index (χ1n) is 7.65. The normalized spacial score (nSPS) is 10.3. The van der Waals surface area contributed by atoms with Gasteiger partial charge in [-0.1, -0.05) is 6.07 Å². The molecule has 0 saturated carbocycles. The third-order valence-electron chi connectivity index (χ3n) is 3.29. The number of carbonyl (C=O) groups is 2. The van der Waals surface area contributed by atoms with Crippen LogP contribution in [0.2, 0.25) is 0 Å². The predicted octanol–water partition coefficient (Wildman–Crippen LogP) is 2.99. The zero-order valence-corrected chi connectivity index (χ0v) is 14.8. The highest BCUT2D eigenvalue weighted by atomic mass is 32.1. The molecule has 0 spiro atoms. The van der Waals surface area contributed by atoms with Gasteiger partial charge >= 0.3 is 5.97 Å². The molecule has 0 aliphatic carbocycles. The molecule has 0 aliphatic rings. The lowest BCUT2D eigenvalue weighted by atomic mass is 10.2. The minimum absolute atomic E-state index is 0.0506. The van der Waals surface area contributed by atoms with Crippen LogP contribution in [0.25, 0.3) is 0 Å². The van der Waals surface area contributed by atoms with E-state index in [1.165, 1.54) is 11.3 Å². The number of benzene rings is 1. The molecule has 6 nitrogen and oxygen atoms in total. The standard InChI is InChI=1S/C17H20N2O4S/c1-4-19(3)16(20)12-7-6-8-13(9-12)23-11-14-10-18-15(24-14)17(21)22-5-2/h6-10H,4-5,11H2,1-3H3. The van der Waals surface area contributed by atoms with Crippen molar-refractivity contribution in [1.29, 1.82) is 0 Å². The van der Waals surface area contributed by atoms with E-state index < -0.39 is 5.97 Å². The zero-order chi connectivity index (χ0) is 17.5. The molecule has 0 unspecified atom stereocenters. The van der Waals surface area contributed by atoms with Gasteiger partial charge in [0.25, 0.3) is 5.91 Å². The second-order valence-corrected chi connectivity index (χ2v) is 6.10. The van der Waals surface area contributed by atoms with Gasteiger partial charge in [-0.2, -0.15) is 0 Å². The minimum atomic E-state index is -0.427. The Kier molecular flexibility index (Phi) is 6.31. The fourth-order valence-electron chi connectivity index (χ4n) is 1.90. The molecule has 0 atom stereocenters. The SMILES string of the molecule is CCOC(=O)c1ncc(COc2cccc(C(=O)N(C)CC)c2)s1. The minimum Gasteiger partial charge on any atom is -0.488 e. The Morgan fingerprint density at radius 1 is 1.29 bits per heavy atom. The highest BCUT2D eigenvalue weighted by molar-refractivity contribution is 7.13. The molecule has 0 radical (unpaired) electrons. The topological polar surface area (TPSA) is 68.7 Å². The maximum absolute atomic E-state index is 12.2. The lowest BCUT2D eigenvalue weighted by Crippen LogP contribution is -2.26. The first-order valence-corrected chi connectivity index (χ1v) is 8.47. The smallest absolute Gasteiger partial charge is 0.367 e. The quantitative estimate of drug-likeness (QED) is 0.720. The molecule has 0 bridgehead atoms. The Labute approximate surface area is 145 Å². The molecule has 7 heteroatoms. The van der Waals surface area contributed by atoms with Gasteiger partial charge in [0.2, 0.25) is 5.01 Å². The Hall–Kier alpha value is -2.41. The van der Waals surface area contributed by atoms with Gasteiger partial charge in [0.1, 0.15) is 12.4 Å². The van der Waals surface area contributed by atoms with Crippen LogP contribution in [-0.2, 0) is 11.3 Å². The largest absolute Gasteiger partial charge is 0.488 e. The van der Waals surface area contributed by atoms with Gasteiger partial charge in [-0.25, -0.2) is 9.78 Å². The van der Waals surface area contributed by atoms with Crippen molar-refractivity contribution < 1.29 is 19.1 Å². The molecule has 0 saturated heterocycles. The summed E-state index contributed by atoms with van der Waals surface area (Å²) in [5.74, 6) is 0.116. The third kappa shape index (κ3) is 4.55. The number of hydrogen-bond acceptors (Lipinski definition) is 6.